The zero-order chi connectivity index (χ0) is 19.4. The van der Waals surface area contributed by atoms with E-state index in [4.69, 9.17) is 0 Å². The standard InChI is InChI=1S/C20H26N2O3S/c1-20(2,3)18-11-9-17(10-12-18)19(23)22-13-15-5-7-16(8-6-15)14-26(24,25)21-4/h5-12,21H,13-14H2,1-4H3,(H,22,23). The van der Waals surface area contributed by atoms with Gasteiger partial charge in [0.25, 0.3) is 5.91 Å². The minimum atomic E-state index is -3.28. The summed E-state index contributed by atoms with van der Waals surface area (Å²) in [6, 6.07) is 14.8. The number of sulfonamides is 1. The minimum absolute atomic E-state index is 0.0531. The van der Waals surface area contributed by atoms with Gasteiger partial charge in [-0.3, -0.25) is 4.79 Å². The predicted molar refractivity (Wildman–Crippen MR) is 104 cm³/mol. The molecule has 0 aliphatic rings. The Labute approximate surface area is 155 Å². The van der Waals surface area contributed by atoms with Crippen molar-refractivity contribution in [1.82, 2.24) is 10.0 Å². The van der Waals surface area contributed by atoms with Gasteiger partial charge >= 0.3 is 0 Å². The molecule has 5 nitrogen and oxygen atoms in total. The van der Waals surface area contributed by atoms with E-state index in [1.165, 1.54) is 12.6 Å². The van der Waals surface area contributed by atoms with Crippen molar-refractivity contribution in [2.45, 2.75) is 38.5 Å². The first kappa shape index (κ1) is 20.1. The molecule has 0 radical (unpaired) electrons. The minimum Gasteiger partial charge on any atom is -0.348 e. The highest BCUT2D eigenvalue weighted by Crippen LogP contribution is 2.22. The van der Waals surface area contributed by atoms with Crippen molar-refractivity contribution in [2.24, 2.45) is 0 Å². The highest BCUT2D eigenvalue weighted by atomic mass is 32.2. The smallest absolute Gasteiger partial charge is 0.251 e. The van der Waals surface area contributed by atoms with Crippen molar-refractivity contribution in [3.8, 4) is 0 Å². The maximum Gasteiger partial charge on any atom is 0.251 e. The Morgan fingerprint density at radius 1 is 0.923 bits per heavy atom. The Morgan fingerprint density at radius 2 is 1.46 bits per heavy atom. The molecule has 0 aromatic heterocycles. The van der Waals surface area contributed by atoms with Crippen LogP contribution in [0.1, 0.15) is 47.8 Å². The van der Waals surface area contributed by atoms with Crippen LogP contribution in [-0.2, 0) is 27.7 Å². The summed E-state index contributed by atoms with van der Waals surface area (Å²) in [5.41, 5.74) is 3.47. The number of carbonyl (C=O) groups is 1. The third-order valence-corrected chi connectivity index (χ3v) is 5.49. The molecule has 2 N–H and O–H groups in total. The van der Waals surface area contributed by atoms with E-state index in [-0.39, 0.29) is 17.1 Å². The van der Waals surface area contributed by atoms with Gasteiger partial charge in [0.1, 0.15) is 0 Å². The number of hydrogen-bond donors (Lipinski definition) is 2. The monoisotopic (exact) mass is 374 g/mol. The van der Waals surface area contributed by atoms with Crippen LogP contribution in [0.25, 0.3) is 0 Å². The maximum absolute atomic E-state index is 12.3. The van der Waals surface area contributed by atoms with Crippen LogP contribution >= 0.6 is 0 Å². The average molecular weight is 375 g/mol. The summed E-state index contributed by atoms with van der Waals surface area (Å²) in [5.74, 6) is -0.191. The number of hydrogen-bond acceptors (Lipinski definition) is 3. The van der Waals surface area contributed by atoms with E-state index in [0.717, 1.165) is 5.56 Å². The molecule has 6 heteroatoms. The zero-order valence-corrected chi connectivity index (χ0v) is 16.5. The summed E-state index contributed by atoms with van der Waals surface area (Å²) in [6.07, 6.45) is 0. The Bertz CT molecular complexity index is 849. The zero-order valence-electron chi connectivity index (χ0n) is 15.7. The Hall–Kier alpha value is -2.18. The van der Waals surface area contributed by atoms with Crippen molar-refractivity contribution >= 4 is 15.9 Å². The molecule has 0 bridgehead atoms. The van der Waals surface area contributed by atoms with Crippen LogP contribution in [0.4, 0.5) is 0 Å². The van der Waals surface area contributed by atoms with Gasteiger partial charge in [-0.05, 0) is 41.3 Å². The fourth-order valence-electron chi connectivity index (χ4n) is 2.45. The predicted octanol–water partition coefficient (Wildman–Crippen LogP) is 2.96. The van der Waals surface area contributed by atoms with Gasteiger partial charge < -0.3 is 5.32 Å². The number of carbonyl (C=O) groups excluding carboxylic acids is 1. The van der Waals surface area contributed by atoms with Gasteiger partial charge in [-0.1, -0.05) is 57.2 Å². The molecular formula is C20H26N2O3S. The van der Waals surface area contributed by atoms with Crippen LogP contribution in [0.2, 0.25) is 0 Å². The van der Waals surface area contributed by atoms with Gasteiger partial charge in [-0.25, -0.2) is 13.1 Å². The van der Waals surface area contributed by atoms with Crippen LogP contribution in [-0.4, -0.2) is 21.4 Å². The van der Waals surface area contributed by atoms with Gasteiger partial charge in [0.05, 0.1) is 5.75 Å². The third kappa shape index (κ3) is 5.68. The Morgan fingerprint density at radius 3 is 1.96 bits per heavy atom. The normalized spacial score (nSPS) is 12.0. The molecule has 0 fully saturated rings. The lowest BCUT2D eigenvalue weighted by atomic mass is 9.87. The fraction of sp³-hybridized carbons (Fsp3) is 0.350. The van der Waals surface area contributed by atoms with Gasteiger partial charge in [0, 0.05) is 12.1 Å². The van der Waals surface area contributed by atoms with E-state index >= 15 is 0 Å². The molecule has 0 heterocycles. The number of rotatable bonds is 6. The van der Waals surface area contributed by atoms with E-state index in [1.807, 2.05) is 36.4 Å². The highest BCUT2D eigenvalue weighted by molar-refractivity contribution is 7.88. The first-order chi connectivity index (χ1) is 12.1. The molecule has 0 unspecified atom stereocenters. The van der Waals surface area contributed by atoms with Crippen molar-refractivity contribution in [2.75, 3.05) is 7.05 Å². The summed E-state index contributed by atoms with van der Waals surface area (Å²) >= 11 is 0. The highest BCUT2D eigenvalue weighted by Gasteiger charge is 2.14. The summed E-state index contributed by atoms with van der Waals surface area (Å²) in [7, 11) is -1.88. The molecule has 0 atom stereocenters. The van der Waals surface area contributed by atoms with Gasteiger partial charge in [-0.15, -0.1) is 0 Å². The van der Waals surface area contributed by atoms with Crippen molar-refractivity contribution in [3.05, 3.63) is 70.8 Å². The number of benzene rings is 2. The first-order valence-corrected chi connectivity index (χ1v) is 10.1. The third-order valence-electron chi connectivity index (χ3n) is 4.16. The summed E-state index contributed by atoms with van der Waals surface area (Å²) < 4.78 is 25.4. The SMILES string of the molecule is CNS(=O)(=O)Cc1ccc(CNC(=O)c2ccc(C(C)(C)C)cc2)cc1. The van der Waals surface area contributed by atoms with Crippen LogP contribution < -0.4 is 10.0 Å². The van der Waals surface area contributed by atoms with Gasteiger partial charge in [-0.2, -0.15) is 0 Å². The Kier molecular flexibility index (Phi) is 6.21. The van der Waals surface area contributed by atoms with Crippen molar-refractivity contribution < 1.29 is 13.2 Å². The molecule has 0 aliphatic carbocycles. The molecule has 140 valence electrons. The second kappa shape index (κ2) is 8.01. The van der Waals surface area contributed by atoms with E-state index in [2.05, 4.69) is 30.8 Å². The topological polar surface area (TPSA) is 75.3 Å². The lowest BCUT2D eigenvalue weighted by molar-refractivity contribution is 0.0951. The Balaban J connectivity index is 1.95. The van der Waals surface area contributed by atoms with E-state index < -0.39 is 10.0 Å². The quantitative estimate of drug-likeness (QED) is 0.816. The van der Waals surface area contributed by atoms with Crippen LogP contribution in [0, 0.1) is 0 Å². The molecule has 26 heavy (non-hydrogen) atoms. The lowest BCUT2D eigenvalue weighted by Crippen LogP contribution is -2.23. The summed E-state index contributed by atoms with van der Waals surface area (Å²) in [6.45, 7) is 6.79. The van der Waals surface area contributed by atoms with E-state index in [9.17, 15) is 13.2 Å². The van der Waals surface area contributed by atoms with Crippen LogP contribution in [0.15, 0.2) is 48.5 Å². The molecule has 1 amide bonds. The molecule has 2 aromatic rings. The molecule has 2 rings (SSSR count). The molecule has 0 aliphatic heterocycles. The second-order valence-corrected chi connectivity index (χ2v) is 9.22. The van der Waals surface area contributed by atoms with Crippen LogP contribution in [0.3, 0.4) is 0 Å². The largest absolute Gasteiger partial charge is 0.348 e. The number of nitrogens with one attached hydrogen (secondary N) is 2. The van der Waals surface area contributed by atoms with Crippen molar-refractivity contribution in [1.29, 1.82) is 0 Å². The van der Waals surface area contributed by atoms with Gasteiger partial charge in [0.15, 0.2) is 0 Å². The fourth-order valence-corrected chi connectivity index (χ4v) is 3.23. The van der Waals surface area contributed by atoms with E-state index in [0.29, 0.717) is 17.7 Å². The molecular weight excluding hydrogens is 348 g/mol. The second-order valence-electron chi connectivity index (χ2n) is 7.29. The molecule has 0 saturated carbocycles. The average Bonchev–Trinajstić information content (AvgIpc) is 2.60. The lowest BCUT2D eigenvalue weighted by Gasteiger charge is -2.19. The van der Waals surface area contributed by atoms with E-state index in [1.54, 1.807) is 12.1 Å². The molecule has 0 saturated heterocycles. The van der Waals surface area contributed by atoms with Crippen LogP contribution in [0.5, 0.6) is 0 Å². The summed E-state index contributed by atoms with van der Waals surface area (Å²) in [5, 5.41) is 2.88. The maximum atomic E-state index is 12.3. The first-order valence-electron chi connectivity index (χ1n) is 8.48. The molecule has 2 aromatic carbocycles. The van der Waals surface area contributed by atoms with Crippen molar-refractivity contribution in [3.63, 3.8) is 0 Å². The van der Waals surface area contributed by atoms with Gasteiger partial charge in [0.2, 0.25) is 10.0 Å². The molecule has 0 spiro atoms. The number of amides is 1. The summed E-state index contributed by atoms with van der Waals surface area (Å²) in [4.78, 5) is 12.3.